The summed E-state index contributed by atoms with van der Waals surface area (Å²) in [5, 5.41) is 10.8. The number of Topliss-reactive ketones (excluding diaryl/α,β-unsaturated/α-hetero) is 1. The van der Waals surface area contributed by atoms with Gasteiger partial charge >= 0.3 is 0 Å². The maximum atomic E-state index is 13.3. The van der Waals surface area contributed by atoms with Crippen LogP contribution in [0.3, 0.4) is 0 Å². The van der Waals surface area contributed by atoms with Gasteiger partial charge in [-0.15, -0.1) is 0 Å². The summed E-state index contributed by atoms with van der Waals surface area (Å²) in [7, 11) is 1.50. The van der Waals surface area contributed by atoms with Gasteiger partial charge in [0.15, 0.2) is 0 Å². The Kier molecular flexibility index (Phi) is 6.29. The third kappa shape index (κ3) is 4.14. The summed E-state index contributed by atoms with van der Waals surface area (Å²) in [5.74, 6) is -1.76. The minimum atomic E-state index is -0.810. The van der Waals surface area contributed by atoms with Gasteiger partial charge in [0.2, 0.25) is 0 Å². The van der Waals surface area contributed by atoms with Crippen LogP contribution < -0.4 is 4.74 Å². The first-order valence-corrected chi connectivity index (χ1v) is 9.24. The zero-order valence-electron chi connectivity index (χ0n) is 16.2. The van der Waals surface area contributed by atoms with Gasteiger partial charge in [-0.05, 0) is 48.9 Å². The highest BCUT2D eigenvalue weighted by Gasteiger charge is 2.45. The summed E-state index contributed by atoms with van der Waals surface area (Å²) >= 11 is 0. The second-order valence-electron chi connectivity index (χ2n) is 6.50. The highest BCUT2D eigenvalue weighted by atomic mass is 19.1. The fraction of sp³-hybridized carbons (Fsp3) is 0.273. The molecule has 3 rings (SSSR count). The number of benzene rings is 2. The van der Waals surface area contributed by atoms with Crippen LogP contribution in [0, 0.1) is 5.82 Å². The number of methoxy groups -OCH3 is 1. The van der Waals surface area contributed by atoms with E-state index in [1.54, 1.807) is 24.3 Å². The Labute approximate surface area is 168 Å². The summed E-state index contributed by atoms with van der Waals surface area (Å²) < 4.78 is 23.9. The van der Waals surface area contributed by atoms with E-state index in [1.165, 1.54) is 36.3 Å². The third-order valence-corrected chi connectivity index (χ3v) is 4.68. The van der Waals surface area contributed by atoms with Gasteiger partial charge in [-0.3, -0.25) is 9.59 Å². The Balaban J connectivity index is 2.14. The monoisotopic (exact) mass is 399 g/mol. The maximum absolute atomic E-state index is 13.3. The standard InChI is InChI=1S/C22H22FNO5/c1-3-29-17-6-4-5-15(13-17)19-18(20(25)14-7-9-16(23)10-8-14)21(26)22(27)24(19)11-12-28-2/h4-10,13,19,25H,3,11-12H2,1-2H3. The van der Waals surface area contributed by atoms with Crippen LogP contribution in [0.2, 0.25) is 0 Å². The van der Waals surface area contributed by atoms with Gasteiger partial charge in [0.1, 0.15) is 17.3 Å². The molecule has 1 fully saturated rings. The molecule has 0 saturated carbocycles. The van der Waals surface area contributed by atoms with E-state index in [2.05, 4.69) is 0 Å². The second-order valence-corrected chi connectivity index (χ2v) is 6.50. The molecule has 7 heteroatoms. The van der Waals surface area contributed by atoms with Crippen LogP contribution in [0.25, 0.3) is 5.76 Å². The summed E-state index contributed by atoms with van der Waals surface area (Å²) in [5.41, 5.74) is 0.823. The van der Waals surface area contributed by atoms with E-state index in [0.717, 1.165) is 0 Å². The van der Waals surface area contributed by atoms with E-state index in [4.69, 9.17) is 9.47 Å². The number of hydrogen-bond acceptors (Lipinski definition) is 5. The molecule has 152 valence electrons. The molecule has 0 aromatic heterocycles. The van der Waals surface area contributed by atoms with Crippen molar-refractivity contribution in [2.45, 2.75) is 13.0 Å². The van der Waals surface area contributed by atoms with Crippen molar-refractivity contribution >= 4 is 17.4 Å². The highest BCUT2D eigenvalue weighted by Crippen LogP contribution is 2.40. The maximum Gasteiger partial charge on any atom is 0.295 e. The molecule has 29 heavy (non-hydrogen) atoms. The summed E-state index contributed by atoms with van der Waals surface area (Å²) in [6, 6.07) is 11.3. The van der Waals surface area contributed by atoms with Gasteiger partial charge in [0, 0.05) is 19.2 Å². The van der Waals surface area contributed by atoms with Gasteiger partial charge in [-0.2, -0.15) is 0 Å². The number of aliphatic hydroxyl groups excluding tert-OH is 1. The number of ether oxygens (including phenoxy) is 2. The molecular formula is C22H22FNO5. The molecule has 0 radical (unpaired) electrons. The Morgan fingerprint density at radius 1 is 1.17 bits per heavy atom. The first kappa shape index (κ1) is 20.5. The van der Waals surface area contributed by atoms with Crippen LogP contribution in [0.1, 0.15) is 24.1 Å². The summed E-state index contributed by atoms with van der Waals surface area (Å²) in [6.45, 7) is 2.71. The number of likely N-dealkylation sites (tertiary alicyclic amines) is 1. The number of rotatable bonds is 7. The zero-order valence-corrected chi connectivity index (χ0v) is 16.2. The lowest BCUT2D eigenvalue weighted by Crippen LogP contribution is -2.32. The number of amides is 1. The lowest BCUT2D eigenvalue weighted by atomic mass is 9.95. The molecule has 1 aliphatic rings. The van der Waals surface area contributed by atoms with Gasteiger partial charge in [0.05, 0.1) is 24.8 Å². The predicted octanol–water partition coefficient (Wildman–Crippen LogP) is 3.29. The average molecular weight is 399 g/mol. The summed E-state index contributed by atoms with van der Waals surface area (Å²) in [6.07, 6.45) is 0. The molecule has 1 unspecified atom stereocenters. The fourth-order valence-electron chi connectivity index (χ4n) is 3.35. The highest BCUT2D eigenvalue weighted by molar-refractivity contribution is 6.46. The van der Waals surface area contributed by atoms with E-state index >= 15 is 0 Å². The molecule has 1 atom stereocenters. The van der Waals surface area contributed by atoms with Crippen LogP contribution in [0.15, 0.2) is 54.1 Å². The van der Waals surface area contributed by atoms with Gasteiger partial charge in [-0.1, -0.05) is 12.1 Å². The van der Waals surface area contributed by atoms with Gasteiger partial charge in [0.25, 0.3) is 11.7 Å². The van der Waals surface area contributed by atoms with Crippen molar-refractivity contribution in [2.24, 2.45) is 0 Å². The van der Waals surface area contributed by atoms with Crippen molar-refractivity contribution in [1.82, 2.24) is 4.90 Å². The van der Waals surface area contributed by atoms with Crippen molar-refractivity contribution in [1.29, 1.82) is 0 Å². The van der Waals surface area contributed by atoms with Crippen LogP contribution in [-0.2, 0) is 14.3 Å². The van der Waals surface area contributed by atoms with E-state index in [-0.39, 0.29) is 30.0 Å². The number of aliphatic hydroxyl groups is 1. The number of carbonyl (C=O) groups excluding carboxylic acids is 2. The van der Waals surface area contributed by atoms with Crippen LogP contribution in [0.5, 0.6) is 5.75 Å². The van der Waals surface area contributed by atoms with Crippen molar-refractivity contribution in [3.63, 3.8) is 0 Å². The van der Waals surface area contributed by atoms with E-state index in [1.807, 2.05) is 6.92 Å². The SMILES string of the molecule is CCOc1cccc(C2C(=C(O)c3ccc(F)cc3)C(=O)C(=O)N2CCOC)c1. The quantitative estimate of drug-likeness (QED) is 0.439. The lowest BCUT2D eigenvalue weighted by molar-refractivity contribution is -0.140. The van der Waals surface area contributed by atoms with E-state index < -0.39 is 23.5 Å². The molecule has 1 N–H and O–H groups in total. The number of nitrogens with zero attached hydrogens (tertiary/aromatic N) is 1. The van der Waals surface area contributed by atoms with Crippen molar-refractivity contribution in [2.75, 3.05) is 26.9 Å². The Morgan fingerprint density at radius 2 is 1.90 bits per heavy atom. The average Bonchev–Trinajstić information content (AvgIpc) is 2.97. The zero-order chi connectivity index (χ0) is 21.0. The molecule has 2 aromatic carbocycles. The molecule has 1 amide bonds. The predicted molar refractivity (Wildman–Crippen MR) is 105 cm³/mol. The van der Waals surface area contributed by atoms with Crippen molar-refractivity contribution < 1.29 is 28.6 Å². The number of halogens is 1. The Bertz CT molecular complexity index is 938. The van der Waals surface area contributed by atoms with Gasteiger partial charge in [-0.25, -0.2) is 4.39 Å². The minimum absolute atomic E-state index is 0.0497. The number of carbonyl (C=O) groups is 2. The third-order valence-electron chi connectivity index (χ3n) is 4.68. The minimum Gasteiger partial charge on any atom is -0.507 e. The molecule has 1 heterocycles. The number of ketones is 1. The Morgan fingerprint density at radius 3 is 2.55 bits per heavy atom. The molecule has 6 nitrogen and oxygen atoms in total. The molecular weight excluding hydrogens is 377 g/mol. The lowest BCUT2D eigenvalue weighted by Gasteiger charge is -2.25. The Hall–Kier alpha value is -3.19. The largest absolute Gasteiger partial charge is 0.507 e. The first-order valence-electron chi connectivity index (χ1n) is 9.24. The molecule has 0 aliphatic carbocycles. The van der Waals surface area contributed by atoms with Crippen molar-refractivity contribution in [3.05, 3.63) is 71.0 Å². The smallest absolute Gasteiger partial charge is 0.295 e. The van der Waals surface area contributed by atoms with Crippen molar-refractivity contribution in [3.8, 4) is 5.75 Å². The molecule has 2 aromatic rings. The molecule has 0 bridgehead atoms. The fourth-order valence-corrected chi connectivity index (χ4v) is 3.35. The molecule has 1 saturated heterocycles. The first-order chi connectivity index (χ1) is 14.0. The van der Waals surface area contributed by atoms with E-state index in [0.29, 0.717) is 17.9 Å². The second kappa shape index (κ2) is 8.87. The molecule has 1 aliphatic heterocycles. The van der Waals surface area contributed by atoms with Crippen LogP contribution in [-0.4, -0.2) is 48.6 Å². The van der Waals surface area contributed by atoms with Crippen LogP contribution in [0.4, 0.5) is 4.39 Å². The normalized spacial score (nSPS) is 18.3. The topological polar surface area (TPSA) is 76.1 Å². The molecule has 0 spiro atoms. The summed E-state index contributed by atoms with van der Waals surface area (Å²) in [4.78, 5) is 26.9. The number of hydrogen-bond donors (Lipinski definition) is 1. The van der Waals surface area contributed by atoms with E-state index in [9.17, 15) is 19.1 Å². The van der Waals surface area contributed by atoms with Crippen LogP contribution >= 0.6 is 0 Å². The van der Waals surface area contributed by atoms with Gasteiger partial charge < -0.3 is 19.5 Å².